The molecular weight excluding hydrogens is 376 g/mol. The number of rotatable bonds is 5. The molecule has 0 amide bonds. The van der Waals surface area contributed by atoms with Crippen molar-refractivity contribution in [3.8, 4) is 6.07 Å². The van der Waals surface area contributed by atoms with E-state index in [0.29, 0.717) is 17.5 Å². The molecule has 1 N–H and O–H groups in total. The van der Waals surface area contributed by atoms with E-state index < -0.39 is 17.9 Å². The molecule has 3 aliphatic carbocycles. The average molecular weight is 397 g/mol. The van der Waals surface area contributed by atoms with E-state index in [1.807, 2.05) is 6.92 Å². The topological polar surface area (TPSA) is 77.4 Å². The molecule has 29 heavy (non-hydrogen) atoms. The van der Waals surface area contributed by atoms with Crippen LogP contribution in [0.4, 0.5) is 8.78 Å². The number of aliphatic hydroxyl groups is 1. The Morgan fingerprint density at radius 2 is 1.97 bits per heavy atom. The van der Waals surface area contributed by atoms with E-state index >= 15 is 0 Å². The van der Waals surface area contributed by atoms with Crippen LogP contribution in [0, 0.1) is 33.8 Å². The number of aromatic nitrogens is 2. The molecule has 1 aliphatic heterocycles. The molecule has 0 saturated heterocycles. The van der Waals surface area contributed by atoms with Crippen molar-refractivity contribution in [2.24, 2.45) is 15.9 Å². The molecule has 1 aromatic carbocycles. The fraction of sp³-hybridized carbons (Fsp3) is 0.476. The summed E-state index contributed by atoms with van der Waals surface area (Å²) in [5.41, 5.74) is 1.71. The van der Waals surface area contributed by atoms with Crippen LogP contribution in [-0.2, 0) is 6.54 Å². The Kier molecular flexibility index (Phi) is 3.84. The van der Waals surface area contributed by atoms with Gasteiger partial charge >= 0.3 is 0 Å². The molecule has 150 valence electrons. The van der Waals surface area contributed by atoms with E-state index in [1.165, 1.54) is 12.1 Å². The first kappa shape index (κ1) is 18.3. The van der Waals surface area contributed by atoms with Crippen LogP contribution >= 0.6 is 0 Å². The minimum Gasteiger partial charge on any atom is -0.371 e. The predicted octanol–water partition coefficient (Wildman–Crippen LogP) is 3.34. The van der Waals surface area contributed by atoms with Crippen LogP contribution in [0.3, 0.4) is 0 Å². The number of hydrazone groups is 1. The van der Waals surface area contributed by atoms with E-state index in [1.54, 1.807) is 22.1 Å². The highest BCUT2D eigenvalue weighted by Gasteiger charge is 2.72. The Labute approximate surface area is 167 Å². The zero-order valence-corrected chi connectivity index (χ0v) is 16.0. The van der Waals surface area contributed by atoms with Crippen molar-refractivity contribution in [3.63, 3.8) is 0 Å². The quantitative estimate of drug-likeness (QED) is 0.839. The molecule has 1 aromatic heterocycles. The summed E-state index contributed by atoms with van der Waals surface area (Å²) in [4.78, 5) is 0. The van der Waals surface area contributed by atoms with Crippen molar-refractivity contribution in [3.05, 3.63) is 53.4 Å². The van der Waals surface area contributed by atoms with Gasteiger partial charge < -0.3 is 5.11 Å². The van der Waals surface area contributed by atoms with Gasteiger partial charge in [0, 0.05) is 36.4 Å². The van der Waals surface area contributed by atoms with E-state index in [4.69, 9.17) is 5.26 Å². The van der Waals surface area contributed by atoms with Crippen molar-refractivity contribution in [2.45, 2.75) is 51.4 Å². The second kappa shape index (κ2) is 6.10. The molecule has 0 radical (unpaired) electrons. The molecule has 2 heterocycles. The summed E-state index contributed by atoms with van der Waals surface area (Å²) < 4.78 is 29.2. The van der Waals surface area contributed by atoms with E-state index in [0.717, 1.165) is 37.6 Å². The van der Waals surface area contributed by atoms with Gasteiger partial charge in [-0.15, -0.1) is 0 Å². The first-order valence-corrected chi connectivity index (χ1v) is 9.71. The summed E-state index contributed by atoms with van der Waals surface area (Å²) in [6.07, 6.45) is 5.57. The van der Waals surface area contributed by atoms with Crippen molar-refractivity contribution in [1.29, 1.82) is 5.26 Å². The highest BCUT2D eigenvalue weighted by molar-refractivity contribution is 5.83. The zero-order chi connectivity index (χ0) is 20.4. The Hall–Kier alpha value is -2.79. The lowest BCUT2D eigenvalue weighted by Gasteiger charge is -2.72. The number of hydrogen-bond acceptors (Lipinski definition) is 5. The fourth-order valence-corrected chi connectivity index (χ4v) is 5.60. The van der Waals surface area contributed by atoms with Gasteiger partial charge in [0.05, 0.1) is 17.8 Å². The number of nitriles is 1. The number of benzene rings is 1. The largest absolute Gasteiger partial charge is 0.371 e. The number of halogens is 2. The molecule has 6 nitrogen and oxygen atoms in total. The van der Waals surface area contributed by atoms with Crippen LogP contribution in [0.2, 0.25) is 0 Å². The third-order valence-corrected chi connectivity index (χ3v) is 6.60. The van der Waals surface area contributed by atoms with Crippen LogP contribution in [0.1, 0.15) is 49.8 Å². The van der Waals surface area contributed by atoms with Crippen LogP contribution < -0.4 is 0 Å². The molecule has 2 bridgehead atoms. The van der Waals surface area contributed by atoms with Gasteiger partial charge in [0.25, 0.3) is 0 Å². The lowest BCUT2D eigenvalue weighted by atomic mass is 9.34. The third-order valence-electron chi connectivity index (χ3n) is 6.60. The summed E-state index contributed by atoms with van der Waals surface area (Å²) in [7, 11) is 0. The Bertz CT molecular complexity index is 1020. The maximum absolute atomic E-state index is 13.7. The van der Waals surface area contributed by atoms with Crippen LogP contribution in [0.15, 0.2) is 35.7 Å². The molecule has 3 fully saturated rings. The Balaban J connectivity index is 1.31. The second-order valence-corrected chi connectivity index (χ2v) is 8.94. The van der Waals surface area contributed by atoms with E-state index in [-0.39, 0.29) is 16.9 Å². The predicted molar refractivity (Wildman–Crippen MR) is 100 cm³/mol. The molecule has 2 atom stereocenters. The van der Waals surface area contributed by atoms with E-state index in [2.05, 4.69) is 16.3 Å². The number of hydrogen-bond donors (Lipinski definition) is 1. The third kappa shape index (κ3) is 2.84. The lowest BCUT2D eigenvalue weighted by Crippen LogP contribution is -2.70. The van der Waals surface area contributed by atoms with Crippen LogP contribution in [0.25, 0.3) is 0 Å². The maximum Gasteiger partial charge on any atom is 0.148 e. The summed E-state index contributed by atoms with van der Waals surface area (Å²) >= 11 is 0. The van der Waals surface area contributed by atoms with Crippen LogP contribution in [0.5, 0.6) is 0 Å². The van der Waals surface area contributed by atoms with Gasteiger partial charge in [-0.05, 0) is 49.3 Å². The standard InChI is InChI=1S/C21H21F2N5O/c1-13-2-18(15-3-16(22)5-17(23)4-15)28(26-13)19(29)21-9-20(10-21,11-21)12-27-8-14(6-24)7-25-27/h3-5,7-8,18-19,29H,2,9-12H2,1H3. The number of aliphatic hydroxyl groups excluding tert-OH is 1. The molecule has 4 aliphatic rings. The highest BCUT2D eigenvalue weighted by atomic mass is 19.1. The minimum absolute atomic E-state index is 0.0959. The van der Waals surface area contributed by atoms with Gasteiger partial charge in [0.15, 0.2) is 0 Å². The smallest absolute Gasteiger partial charge is 0.148 e. The zero-order valence-electron chi connectivity index (χ0n) is 16.0. The molecular formula is C21H21F2N5O. The maximum atomic E-state index is 13.7. The summed E-state index contributed by atoms with van der Waals surface area (Å²) in [5.74, 6) is -1.25. The molecule has 2 unspecified atom stereocenters. The fourth-order valence-electron chi connectivity index (χ4n) is 5.60. The van der Waals surface area contributed by atoms with Gasteiger partial charge in [-0.3, -0.25) is 9.69 Å². The Morgan fingerprint density at radius 3 is 2.59 bits per heavy atom. The average Bonchev–Trinajstić information content (AvgIpc) is 3.21. The molecule has 6 rings (SSSR count). The number of nitrogens with zero attached hydrogens (tertiary/aromatic N) is 5. The summed E-state index contributed by atoms with van der Waals surface area (Å²) in [6, 6.07) is 5.19. The van der Waals surface area contributed by atoms with Crippen molar-refractivity contribution < 1.29 is 13.9 Å². The van der Waals surface area contributed by atoms with Crippen molar-refractivity contribution in [2.75, 3.05) is 0 Å². The van der Waals surface area contributed by atoms with Gasteiger partial charge in [0.2, 0.25) is 0 Å². The summed E-state index contributed by atoms with van der Waals surface area (Å²) in [5, 5.41) is 30.4. The molecule has 0 spiro atoms. The lowest BCUT2D eigenvalue weighted by molar-refractivity contribution is -0.297. The molecule has 8 heteroatoms. The first-order valence-electron chi connectivity index (χ1n) is 9.71. The molecule has 3 saturated carbocycles. The van der Waals surface area contributed by atoms with E-state index in [9.17, 15) is 13.9 Å². The van der Waals surface area contributed by atoms with Gasteiger partial charge in [-0.1, -0.05) is 0 Å². The highest BCUT2D eigenvalue weighted by Crippen LogP contribution is 2.75. The van der Waals surface area contributed by atoms with Gasteiger partial charge in [-0.25, -0.2) is 8.78 Å². The van der Waals surface area contributed by atoms with Gasteiger partial charge in [-0.2, -0.15) is 15.5 Å². The SMILES string of the molecule is CC1=NN(C(O)C23CC(Cn4cc(C#N)cn4)(C2)C3)C(c2cc(F)cc(F)c2)C1. The van der Waals surface area contributed by atoms with Crippen molar-refractivity contribution >= 4 is 5.71 Å². The van der Waals surface area contributed by atoms with Crippen molar-refractivity contribution in [1.82, 2.24) is 14.8 Å². The monoisotopic (exact) mass is 397 g/mol. The second-order valence-electron chi connectivity index (χ2n) is 8.94. The normalized spacial score (nSPS) is 30.9. The van der Waals surface area contributed by atoms with Crippen LogP contribution in [-0.4, -0.2) is 31.8 Å². The minimum atomic E-state index is -0.801. The summed E-state index contributed by atoms with van der Waals surface area (Å²) in [6.45, 7) is 2.59. The Morgan fingerprint density at radius 1 is 1.28 bits per heavy atom. The van der Waals surface area contributed by atoms with Gasteiger partial charge in [0.1, 0.15) is 23.9 Å². The first-order chi connectivity index (χ1) is 13.8. The molecule has 2 aromatic rings.